The molecule has 0 fully saturated rings. The molecule has 32 heavy (non-hydrogen) atoms. The Balaban J connectivity index is 2.06. The van der Waals surface area contributed by atoms with Gasteiger partial charge in [0.25, 0.3) is 0 Å². The summed E-state index contributed by atoms with van der Waals surface area (Å²) in [5.41, 5.74) is 1.35. The fraction of sp³-hybridized carbons (Fsp3) is 0.385. The van der Waals surface area contributed by atoms with Crippen LogP contribution in [0.2, 0.25) is 0 Å². The highest BCUT2D eigenvalue weighted by Crippen LogP contribution is 2.54. The van der Waals surface area contributed by atoms with E-state index in [1.807, 2.05) is 57.2 Å². The van der Waals surface area contributed by atoms with E-state index in [2.05, 4.69) is 0 Å². The van der Waals surface area contributed by atoms with Crippen molar-refractivity contribution in [3.63, 3.8) is 0 Å². The lowest BCUT2D eigenvalue weighted by Gasteiger charge is -2.37. The maximum absolute atomic E-state index is 13.3. The molecule has 0 amide bonds. The fourth-order valence-corrected chi connectivity index (χ4v) is 4.30. The quantitative estimate of drug-likeness (QED) is 0.689. The first-order valence-corrected chi connectivity index (χ1v) is 10.8. The Morgan fingerprint density at radius 3 is 2.53 bits per heavy atom. The first-order valence-electron chi connectivity index (χ1n) is 10.8. The number of fused-ring (bicyclic) bond motifs is 2. The van der Waals surface area contributed by atoms with E-state index in [1.165, 1.54) is 7.11 Å². The van der Waals surface area contributed by atoms with Crippen molar-refractivity contribution in [3.8, 4) is 17.2 Å². The minimum absolute atomic E-state index is 0.0269. The number of phenolic OH excluding ortho intramolecular Hbond substituents is 1. The number of aromatic hydroxyl groups is 1. The zero-order chi connectivity index (χ0) is 23.2. The SMILES string of the molecule is COC(=O)C[C@@H](c1ccccc1)c1c2c(c(O)c3c1O[C@@H](C)[C@H](C)C3=O)C=CC(C)(C)O2. The third-order valence-corrected chi connectivity index (χ3v) is 6.29. The summed E-state index contributed by atoms with van der Waals surface area (Å²) in [5.74, 6) is -0.963. The summed E-state index contributed by atoms with van der Waals surface area (Å²) in [4.78, 5) is 25.7. The van der Waals surface area contributed by atoms with E-state index >= 15 is 0 Å². The lowest BCUT2D eigenvalue weighted by Crippen LogP contribution is -2.36. The molecule has 168 valence electrons. The summed E-state index contributed by atoms with van der Waals surface area (Å²) < 4.78 is 17.5. The van der Waals surface area contributed by atoms with Crippen LogP contribution in [0.3, 0.4) is 0 Å². The molecule has 2 aromatic rings. The summed E-state index contributed by atoms with van der Waals surface area (Å²) in [6.45, 7) is 7.42. The smallest absolute Gasteiger partial charge is 0.306 e. The van der Waals surface area contributed by atoms with E-state index in [9.17, 15) is 14.7 Å². The Kier molecular flexibility index (Phi) is 5.49. The van der Waals surface area contributed by atoms with Gasteiger partial charge in [-0.05, 0) is 38.5 Å². The number of ketones is 1. The van der Waals surface area contributed by atoms with Crippen LogP contribution in [0.15, 0.2) is 36.4 Å². The highest BCUT2D eigenvalue weighted by atomic mass is 16.5. The van der Waals surface area contributed by atoms with Gasteiger partial charge in [-0.15, -0.1) is 0 Å². The lowest BCUT2D eigenvalue weighted by atomic mass is 9.80. The van der Waals surface area contributed by atoms with Crippen LogP contribution in [-0.2, 0) is 9.53 Å². The third kappa shape index (κ3) is 3.64. The van der Waals surface area contributed by atoms with Gasteiger partial charge in [0.05, 0.1) is 25.0 Å². The minimum Gasteiger partial charge on any atom is -0.506 e. The molecule has 6 nitrogen and oxygen atoms in total. The van der Waals surface area contributed by atoms with E-state index in [0.717, 1.165) is 5.56 Å². The normalized spacial score (nSPS) is 21.6. The summed E-state index contributed by atoms with van der Waals surface area (Å²) in [7, 11) is 1.35. The maximum Gasteiger partial charge on any atom is 0.306 e. The molecule has 0 unspecified atom stereocenters. The van der Waals surface area contributed by atoms with Gasteiger partial charge in [0.1, 0.15) is 34.5 Å². The molecule has 0 aliphatic carbocycles. The van der Waals surface area contributed by atoms with Gasteiger partial charge in [-0.1, -0.05) is 37.3 Å². The number of Topliss-reactive ketones (excluding diaryl/α,β-unsaturated/α-hetero) is 1. The lowest BCUT2D eigenvalue weighted by molar-refractivity contribution is -0.140. The van der Waals surface area contributed by atoms with Crippen LogP contribution in [-0.4, -0.2) is 35.7 Å². The van der Waals surface area contributed by atoms with Crippen molar-refractivity contribution >= 4 is 17.8 Å². The van der Waals surface area contributed by atoms with Gasteiger partial charge in [-0.2, -0.15) is 0 Å². The Hall–Kier alpha value is -3.28. The summed E-state index contributed by atoms with van der Waals surface area (Å²) in [6, 6.07) is 9.51. The van der Waals surface area contributed by atoms with Crippen molar-refractivity contribution in [2.45, 2.75) is 51.7 Å². The van der Waals surface area contributed by atoms with E-state index < -0.39 is 29.5 Å². The Bertz CT molecular complexity index is 1100. The zero-order valence-electron chi connectivity index (χ0n) is 19.0. The second-order valence-electron chi connectivity index (χ2n) is 8.97. The highest BCUT2D eigenvalue weighted by Gasteiger charge is 2.42. The zero-order valence-corrected chi connectivity index (χ0v) is 19.0. The molecule has 2 aromatic carbocycles. The van der Waals surface area contributed by atoms with Crippen LogP contribution in [0.5, 0.6) is 17.2 Å². The molecule has 0 bridgehead atoms. The topological polar surface area (TPSA) is 82.1 Å². The molecule has 3 atom stereocenters. The summed E-state index contributed by atoms with van der Waals surface area (Å²) in [6.07, 6.45) is 3.24. The van der Waals surface area contributed by atoms with Crippen molar-refractivity contribution in [2.75, 3.05) is 7.11 Å². The number of rotatable bonds is 4. The average Bonchev–Trinajstić information content (AvgIpc) is 2.76. The molecule has 6 heteroatoms. The van der Waals surface area contributed by atoms with Crippen LogP contribution in [0.4, 0.5) is 0 Å². The molecule has 1 N–H and O–H groups in total. The molecule has 2 heterocycles. The second-order valence-corrected chi connectivity index (χ2v) is 8.97. The largest absolute Gasteiger partial charge is 0.506 e. The van der Waals surface area contributed by atoms with Gasteiger partial charge in [0, 0.05) is 11.5 Å². The Labute approximate surface area is 187 Å². The summed E-state index contributed by atoms with van der Waals surface area (Å²) >= 11 is 0. The van der Waals surface area contributed by atoms with Crippen molar-refractivity contribution in [2.24, 2.45) is 5.92 Å². The van der Waals surface area contributed by atoms with Gasteiger partial charge in [0.15, 0.2) is 5.78 Å². The first kappa shape index (κ1) is 21.9. The van der Waals surface area contributed by atoms with Gasteiger partial charge < -0.3 is 19.3 Å². The van der Waals surface area contributed by atoms with Gasteiger partial charge in [0.2, 0.25) is 0 Å². The number of ether oxygens (including phenoxy) is 3. The van der Waals surface area contributed by atoms with Crippen molar-refractivity contribution in [1.82, 2.24) is 0 Å². The van der Waals surface area contributed by atoms with Crippen LogP contribution in [0.1, 0.15) is 67.1 Å². The van der Waals surface area contributed by atoms with E-state index in [0.29, 0.717) is 16.9 Å². The molecule has 0 spiro atoms. The van der Waals surface area contributed by atoms with Crippen LogP contribution >= 0.6 is 0 Å². The van der Waals surface area contributed by atoms with E-state index in [-0.39, 0.29) is 29.3 Å². The molecule has 0 radical (unpaired) electrons. The van der Waals surface area contributed by atoms with Gasteiger partial charge in [-0.25, -0.2) is 0 Å². The van der Waals surface area contributed by atoms with Crippen molar-refractivity contribution in [3.05, 3.63) is 58.7 Å². The number of benzene rings is 2. The standard InChI is InChI=1S/C26H28O6/c1-14-15(2)31-25-20(18(13-19(27)30-5)16-9-7-6-8-10-16)24-17(11-12-26(3,4)32-24)23(29)21(25)22(14)28/h6-12,14-15,18,29H,13H2,1-5H3/t14-,15-,18-/m0/s1. The minimum atomic E-state index is -0.646. The van der Waals surface area contributed by atoms with E-state index in [1.54, 1.807) is 13.0 Å². The van der Waals surface area contributed by atoms with E-state index in [4.69, 9.17) is 14.2 Å². The molecule has 0 aromatic heterocycles. The molecule has 4 rings (SSSR count). The summed E-state index contributed by atoms with van der Waals surface area (Å²) in [5, 5.41) is 11.1. The van der Waals surface area contributed by atoms with Crippen LogP contribution in [0, 0.1) is 5.92 Å². The van der Waals surface area contributed by atoms with Crippen molar-refractivity contribution in [1.29, 1.82) is 0 Å². The number of methoxy groups -OCH3 is 1. The predicted molar refractivity (Wildman–Crippen MR) is 120 cm³/mol. The predicted octanol–water partition coefficient (Wildman–Crippen LogP) is 4.87. The average molecular weight is 437 g/mol. The van der Waals surface area contributed by atoms with Crippen LogP contribution in [0.25, 0.3) is 6.08 Å². The number of hydrogen-bond donors (Lipinski definition) is 1. The molecule has 2 aliphatic heterocycles. The third-order valence-electron chi connectivity index (χ3n) is 6.29. The molecule has 0 saturated heterocycles. The number of hydrogen-bond acceptors (Lipinski definition) is 6. The molecule has 2 aliphatic rings. The highest BCUT2D eigenvalue weighted by molar-refractivity contribution is 6.06. The number of phenols is 1. The Morgan fingerprint density at radius 1 is 1.19 bits per heavy atom. The Morgan fingerprint density at radius 2 is 1.88 bits per heavy atom. The number of carbonyl (C=O) groups excluding carboxylic acids is 2. The van der Waals surface area contributed by atoms with Crippen LogP contribution < -0.4 is 9.47 Å². The van der Waals surface area contributed by atoms with Gasteiger partial charge >= 0.3 is 5.97 Å². The van der Waals surface area contributed by atoms with Gasteiger partial charge in [-0.3, -0.25) is 9.59 Å². The molecular weight excluding hydrogens is 408 g/mol. The second kappa shape index (κ2) is 8.01. The fourth-order valence-electron chi connectivity index (χ4n) is 4.30. The number of carbonyl (C=O) groups is 2. The monoisotopic (exact) mass is 436 g/mol. The number of esters is 1. The molecular formula is C26H28O6. The first-order chi connectivity index (χ1) is 15.1. The molecule has 0 saturated carbocycles. The maximum atomic E-state index is 13.3. The van der Waals surface area contributed by atoms with Crippen molar-refractivity contribution < 1.29 is 28.9 Å².